The summed E-state index contributed by atoms with van der Waals surface area (Å²) < 4.78 is 0. The van der Waals surface area contributed by atoms with Crippen molar-refractivity contribution in [3.63, 3.8) is 0 Å². The van der Waals surface area contributed by atoms with Gasteiger partial charge in [-0.25, -0.2) is 4.98 Å². The lowest BCUT2D eigenvalue weighted by Gasteiger charge is -2.34. The van der Waals surface area contributed by atoms with Gasteiger partial charge in [-0.3, -0.25) is 9.69 Å². The number of carbonyl (C=O) groups excluding carboxylic acids is 1. The first-order valence-electron chi connectivity index (χ1n) is 13.5. The molecule has 4 heteroatoms. The largest absolute Gasteiger partial charge is 0.336 e. The maximum atomic E-state index is 13.8. The molecule has 0 radical (unpaired) electrons. The number of pyridine rings is 1. The van der Waals surface area contributed by atoms with Crippen molar-refractivity contribution >= 4 is 22.9 Å². The Kier molecular flexibility index (Phi) is 7.28. The van der Waals surface area contributed by atoms with Gasteiger partial charge < -0.3 is 4.90 Å². The third kappa shape index (κ3) is 5.66. The molecule has 0 saturated carbocycles. The van der Waals surface area contributed by atoms with E-state index in [9.17, 15) is 4.79 Å². The molecule has 0 unspecified atom stereocenters. The molecular formula is C35H31N3O. The summed E-state index contributed by atoms with van der Waals surface area (Å²) in [5.41, 5.74) is 6.94. The van der Waals surface area contributed by atoms with Crippen LogP contribution < -0.4 is 0 Å². The number of para-hydroxylation sites is 1. The molecule has 1 saturated heterocycles. The van der Waals surface area contributed by atoms with Crippen LogP contribution in [0.2, 0.25) is 0 Å². The number of amides is 1. The molecule has 0 spiro atoms. The first-order chi connectivity index (χ1) is 19.2. The number of piperazine rings is 1. The van der Waals surface area contributed by atoms with Gasteiger partial charge in [-0.1, -0.05) is 115 Å². The molecule has 39 heavy (non-hydrogen) atoms. The highest BCUT2D eigenvalue weighted by Gasteiger charge is 2.24. The fourth-order valence-electron chi connectivity index (χ4n) is 5.17. The third-order valence-corrected chi connectivity index (χ3v) is 7.37. The Balaban J connectivity index is 1.19. The topological polar surface area (TPSA) is 36.4 Å². The summed E-state index contributed by atoms with van der Waals surface area (Å²) in [6.07, 6.45) is 4.37. The Morgan fingerprint density at radius 3 is 2.05 bits per heavy atom. The summed E-state index contributed by atoms with van der Waals surface area (Å²) in [4.78, 5) is 23.1. The van der Waals surface area contributed by atoms with E-state index in [2.05, 4.69) is 77.7 Å². The van der Waals surface area contributed by atoms with E-state index in [4.69, 9.17) is 4.98 Å². The number of hydrogen-bond acceptors (Lipinski definition) is 3. The second-order valence-electron chi connectivity index (χ2n) is 9.92. The summed E-state index contributed by atoms with van der Waals surface area (Å²) in [5.74, 6) is 0.0789. The average molecular weight is 510 g/mol. The van der Waals surface area contributed by atoms with E-state index in [0.717, 1.165) is 66.0 Å². The van der Waals surface area contributed by atoms with Crippen molar-refractivity contribution in [3.8, 4) is 22.4 Å². The van der Waals surface area contributed by atoms with Gasteiger partial charge in [0.1, 0.15) is 0 Å². The number of carbonyl (C=O) groups is 1. The zero-order valence-corrected chi connectivity index (χ0v) is 21.9. The Morgan fingerprint density at radius 2 is 1.31 bits per heavy atom. The first-order valence-corrected chi connectivity index (χ1v) is 13.5. The molecule has 2 heterocycles. The van der Waals surface area contributed by atoms with Crippen molar-refractivity contribution in [2.75, 3.05) is 32.7 Å². The number of nitrogens with zero attached hydrogens (tertiary/aromatic N) is 3. The summed E-state index contributed by atoms with van der Waals surface area (Å²) in [5, 5.41) is 0.903. The number of benzene rings is 4. The Bertz CT molecular complexity index is 1590. The Hall–Kier alpha value is -4.54. The van der Waals surface area contributed by atoms with E-state index >= 15 is 0 Å². The number of hydrogen-bond donors (Lipinski definition) is 0. The molecule has 1 amide bonds. The number of fused-ring (bicyclic) bond motifs is 1. The quantitative estimate of drug-likeness (QED) is 0.246. The SMILES string of the molecule is O=C(c1cc(-c2ccc(-c3ccccc3)cc2)nc2ccccc12)N1CCN(C/C=C/c2ccccc2)CC1. The lowest BCUT2D eigenvalue weighted by molar-refractivity contribution is 0.0652. The minimum absolute atomic E-state index is 0.0789. The van der Waals surface area contributed by atoms with Gasteiger partial charge in [0, 0.05) is 43.7 Å². The van der Waals surface area contributed by atoms with Gasteiger partial charge in [-0.2, -0.15) is 0 Å². The van der Waals surface area contributed by atoms with Crippen LogP contribution in [0.25, 0.3) is 39.4 Å². The molecule has 4 aromatic carbocycles. The van der Waals surface area contributed by atoms with E-state index in [1.165, 1.54) is 11.1 Å². The second kappa shape index (κ2) is 11.5. The summed E-state index contributed by atoms with van der Waals surface area (Å²) in [7, 11) is 0. The maximum Gasteiger partial charge on any atom is 0.254 e. The van der Waals surface area contributed by atoms with Crippen molar-refractivity contribution < 1.29 is 4.79 Å². The highest BCUT2D eigenvalue weighted by molar-refractivity contribution is 6.07. The molecule has 6 rings (SSSR count). The lowest BCUT2D eigenvalue weighted by atomic mass is 10.00. The van der Waals surface area contributed by atoms with Crippen LogP contribution in [0.5, 0.6) is 0 Å². The van der Waals surface area contributed by atoms with E-state index < -0.39 is 0 Å². The molecule has 0 N–H and O–H groups in total. The fraction of sp³-hybridized carbons (Fsp3) is 0.143. The third-order valence-electron chi connectivity index (χ3n) is 7.37. The van der Waals surface area contributed by atoms with Gasteiger partial charge in [0.25, 0.3) is 5.91 Å². The van der Waals surface area contributed by atoms with Gasteiger partial charge >= 0.3 is 0 Å². The van der Waals surface area contributed by atoms with E-state index in [1.54, 1.807) is 0 Å². The van der Waals surface area contributed by atoms with Crippen LogP contribution in [-0.4, -0.2) is 53.4 Å². The molecule has 5 aromatic rings. The zero-order valence-electron chi connectivity index (χ0n) is 21.9. The van der Waals surface area contributed by atoms with E-state index in [0.29, 0.717) is 0 Å². The van der Waals surface area contributed by atoms with Crippen LogP contribution in [-0.2, 0) is 0 Å². The van der Waals surface area contributed by atoms with Crippen LogP contribution in [0.1, 0.15) is 15.9 Å². The molecule has 1 aliphatic rings. The summed E-state index contributed by atoms with van der Waals surface area (Å²) in [6.45, 7) is 4.05. The molecule has 1 aliphatic heterocycles. The minimum atomic E-state index is 0.0789. The normalized spacial score (nSPS) is 14.2. The zero-order chi connectivity index (χ0) is 26.4. The molecule has 0 bridgehead atoms. The maximum absolute atomic E-state index is 13.8. The van der Waals surface area contributed by atoms with E-state index in [1.807, 2.05) is 59.5 Å². The van der Waals surface area contributed by atoms with Crippen LogP contribution in [0, 0.1) is 0 Å². The van der Waals surface area contributed by atoms with E-state index in [-0.39, 0.29) is 5.91 Å². The van der Waals surface area contributed by atoms with Crippen LogP contribution >= 0.6 is 0 Å². The first kappa shape index (κ1) is 24.8. The smallest absolute Gasteiger partial charge is 0.254 e. The molecular weight excluding hydrogens is 478 g/mol. The molecule has 1 aromatic heterocycles. The Morgan fingerprint density at radius 1 is 0.692 bits per heavy atom. The van der Waals surface area contributed by atoms with Crippen molar-refractivity contribution in [2.45, 2.75) is 0 Å². The predicted molar refractivity (Wildman–Crippen MR) is 160 cm³/mol. The number of rotatable bonds is 6. The minimum Gasteiger partial charge on any atom is -0.336 e. The van der Waals surface area contributed by atoms with Crippen LogP contribution in [0.3, 0.4) is 0 Å². The van der Waals surface area contributed by atoms with Crippen LogP contribution in [0.15, 0.2) is 121 Å². The van der Waals surface area contributed by atoms with Crippen molar-refractivity contribution in [1.82, 2.24) is 14.8 Å². The molecule has 4 nitrogen and oxygen atoms in total. The highest BCUT2D eigenvalue weighted by Crippen LogP contribution is 2.28. The monoisotopic (exact) mass is 509 g/mol. The summed E-state index contributed by atoms with van der Waals surface area (Å²) in [6, 6.07) is 39.0. The lowest BCUT2D eigenvalue weighted by Crippen LogP contribution is -2.48. The average Bonchev–Trinajstić information content (AvgIpc) is 3.01. The fourth-order valence-corrected chi connectivity index (χ4v) is 5.17. The van der Waals surface area contributed by atoms with Crippen LogP contribution in [0.4, 0.5) is 0 Å². The Labute approximate surface area is 229 Å². The standard InChI is InChI=1S/C35H31N3O/c39-35(38-24-22-37(23-25-38)21-9-12-27-10-3-1-4-11-27)32-26-34(36-33-16-8-7-15-31(32)33)30-19-17-29(18-20-30)28-13-5-2-6-14-28/h1-20,26H,21-25H2/b12-9+. The second-order valence-corrected chi connectivity index (χ2v) is 9.92. The number of aromatic nitrogens is 1. The molecule has 1 fully saturated rings. The predicted octanol–water partition coefficient (Wildman–Crippen LogP) is 7.04. The van der Waals surface area contributed by atoms with Gasteiger partial charge in [-0.15, -0.1) is 0 Å². The summed E-state index contributed by atoms with van der Waals surface area (Å²) >= 11 is 0. The van der Waals surface area contributed by atoms with Gasteiger partial charge in [0.2, 0.25) is 0 Å². The highest BCUT2D eigenvalue weighted by atomic mass is 16.2. The molecule has 0 atom stereocenters. The van der Waals surface area contributed by atoms with Crippen molar-refractivity contribution in [1.29, 1.82) is 0 Å². The molecule has 0 aliphatic carbocycles. The van der Waals surface area contributed by atoms with Crippen molar-refractivity contribution in [2.24, 2.45) is 0 Å². The van der Waals surface area contributed by atoms with Gasteiger partial charge in [0.05, 0.1) is 16.8 Å². The molecule has 192 valence electrons. The van der Waals surface area contributed by atoms with Crippen molar-refractivity contribution in [3.05, 3.63) is 132 Å². The van der Waals surface area contributed by atoms with Gasteiger partial charge in [-0.05, 0) is 28.8 Å². The van der Waals surface area contributed by atoms with Gasteiger partial charge in [0.15, 0.2) is 0 Å².